The van der Waals surface area contributed by atoms with Crippen molar-refractivity contribution in [3.8, 4) is 0 Å². The Balaban J connectivity index is 3.80. The van der Waals surface area contributed by atoms with Gasteiger partial charge in [0.2, 0.25) is 0 Å². The van der Waals surface area contributed by atoms with E-state index in [1.165, 1.54) is 8.12 Å². The Morgan fingerprint density at radius 2 is 0.643 bits per heavy atom. The Hall–Kier alpha value is 1.95. The summed E-state index contributed by atoms with van der Waals surface area (Å²) in [5.41, 5.74) is 0. The van der Waals surface area contributed by atoms with E-state index in [9.17, 15) is 0 Å². The van der Waals surface area contributed by atoms with Crippen molar-refractivity contribution in [2.75, 3.05) is 0 Å². The molecule has 0 saturated carbocycles. The second-order valence-corrected chi connectivity index (χ2v) is 59.0. The Kier molecular flexibility index (Phi) is 7.77. The molecule has 0 aliphatic carbocycles. The topological polar surface area (TPSA) is 18.5 Å². The van der Waals surface area contributed by atoms with E-state index < -0.39 is 54.2 Å². The van der Waals surface area contributed by atoms with Crippen LogP contribution in [-0.2, 0) is 5.53 Å². The van der Waals surface area contributed by atoms with Crippen molar-refractivity contribution >= 4 is 54.2 Å². The third-order valence-corrected chi connectivity index (χ3v) is 77.8. The normalized spacial score (nSPS) is 25.7. The molecule has 1 rings (SSSR count). The monoisotopic (exact) mass is 644 g/mol. The first-order valence-electron chi connectivity index (χ1n) is 11.2. The first-order chi connectivity index (χ1) is 11.8. The van der Waals surface area contributed by atoms with E-state index >= 15 is 0 Å². The standard InChI is InChI=1S/4C4H9.2C3H8OSi.2Sn/c4*1-4(2)3;2*1-5(2,3)4;;/h4*1-3H3;2*1H2,2-3H3;;/q;;;;2*-1;2*+1. The molecule has 6 heteroatoms. The summed E-state index contributed by atoms with van der Waals surface area (Å²) in [5.74, 6) is 0. The summed E-state index contributed by atoms with van der Waals surface area (Å²) in [6.07, 6.45) is 0. The summed E-state index contributed by atoms with van der Waals surface area (Å²) in [7, 11) is -3.72. The van der Waals surface area contributed by atoms with Gasteiger partial charge in [0, 0.05) is 0 Å². The molecule has 0 bridgehead atoms. The molecular formula is C22H52O2Si2Sn2. The van der Waals surface area contributed by atoms with Crippen LogP contribution in [0.4, 0.5) is 0 Å². The fraction of sp³-hybridized carbons (Fsp3) is 1.00. The van der Waals surface area contributed by atoms with Crippen LogP contribution in [0.2, 0.25) is 48.0 Å². The molecule has 1 saturated heterocycles. The Morgan fingerprint density at radius 3 is 0.786 bits per heavy atom. The molecule has 0 unspecified atom stereocenters. The molecule has 28 heavy (non-hydrogen) atoms. The Morgan fingerprint density at radius 1 is 0.464 bits per heavy atom. The first kappa shape index (κ1) is 28.0. The summed E-state index contributed by atoms with van der Waals surface area (Å²) in [4.78, 5) is 0. The van der Waals surface area contributed by atoms with Crippen molar-refractivity contribution in [2.45, 2.75) is 131 Å². The molecule has 168 valence electrons. The number of hydrogen-bond donors (Lipinski definition) is 0. The van der Waals surface area contributed by atoms with Crippen molar-refractivity contribution in [2.24, 2.45) is 0 Å². The molecular weight excluding hydrogens is 590 g/mol. The molecule has 1 aliphatic heterocycles. The third kappa shape index (κ3) is 5.29. The van der Waals surface area contributed by atoms with Crippen molar-refractivity contribution in [3.05, 3.63) is 0 Å². The van der Waals surface area contributed by atoms with Crippen molar-refractivity contribution in [1.82, 2.24) is 0 Å². The van der Waals surface area contributed by atoms with Gasteiger partial charge in [-0.25, -0.2) is 0 Å². The summed E-state index contributed by atoms with van der Waals surface area (Å²) >= 11 is -6.16. The molecule has 0 atom stereocenters. The predicted molar refractivity (Wildman–Crippen MR) is 137 cm³/mol. The van der Waals surface area contributed by atoms with E-state index in [0.29, 0.717) is 0 Å². The van der Waals surface area contributed by atoms with Gasteiger partial charge in [-0.15, -0.1) is 0 Å². The summed E-state index contributed by atoms with van der Waals surface area (Å²) in [5, 5.41) is 0. The summed E-state index contributed by atoms with van der Waals surface area (Å²) in [6, 6.07) is 0. The second kappa shape index (κ2) is 7.77. The fourth-order valence-electron chi connectivity index (χ4n) is 6.21. The number of rotatable bonds is 0. The van der Waals surface area contributed by atoms with Gasteiger partial charge in [0.1, 0.15) is 0 Å². The van der Waals surface area contributed by atoms with Gasteiger partial charge in [0.05, 0.1) is 0 Å². The van der Waals surface area contributed by atoms with Gasteiger partial charge >= 0.3 is 191 Å². The van der Waals surface area contributed by atoms with Crippen LogP contribution < -0.4 is 0 Å². The minimum atomic E-state index is -3.08. The van der Waals surface area contributed by atoms with Gasteiger partial charge in [-0.3, -0.25) is 0 Å². The number of hydrogen-bond acceptors (Lipinski definition) is 2. The molecule has 0 spiro atoms. The second-order valence-electron chi connectivity index (χ2n) is 14.7. The van der Waals surface area contributed by atoms with Crippen LogP contribution in [0.3, 0.4) is 0 Å². The van der Waals surface area contributed by atoms with Crippen LogP contribution in [0.1, 0.15) is 83.1 Å². The first-order valence-corrected chi connectivity index (χ1v) is 29.5. The maximum atomic E-state index is 7.73. The fourth-order valence-corrected chi connectivity index (χ4v) is 106. The Bertz CT molecular complexity index is 473. The van der Waals surface area contributed by atoms with Gasteiger partial charge in [0.25, 0.3) is 0 Å². The average molecular weight is 642 g/mol. The van der Waals surface area contributed by atoms with Crippen LogP contribution in [0.15, 0.2) is 0 Å². The van der Waals surface area contributed by atoms with E-state index in [2.05, 4.69) is 109 Å². The third-order valence-electron chi connectivity index (χ3n) is 7.10. The van der Waals surface area contributed by atoms with Gasteiger partial charge in [0.15, 0.2) is 0 Å². The predicted octanol–water partition coefficient (Wildman–Crippen LogP) is 8.61. The van der Waals surface area contributed by atoms with Crippen molar-refractivity contribution < 1.29 is 5.53 Å². The van der Waals surface area contributed by atoms with Crippen LogP contribution in [0, 0.1) is 0 Å². The summed E-state index contributed by atoms with van der Waals surface area (Å²) < 4.78 is 19.2. The molecule has 1 fully saturated rings. The van der Waals surface area contributed by atoms with Crippen molar-refractivity contribution in [1.29, 1.82) is 0 Å². The SMILES string of the molecule is C[C](C)(C)[Sn]1([C](C)(C)C)[CH2][Si](C)(C)[O][Sn]([C](C)(C)C)([C](C)(C)C)[CH2][Si](C)(C)[O]1. The molecule has 1 heterocycles. The van der Waals surface area contributed by atoms with Crippen LogP contribution in [0.25, 0.3) is 0 Å². The maximum absolute atomic E-state index is 7.73. The molecule has 0 radical (unpaired) electrons. The average Bonchev–Trinajstić information content (AvgIpc) is 2.28. The van der Waals surface area contributed by atoms with Crippen LogP contribution in [-0.4, -0.2) is 54.2 Å². The molecule has 0 N–H and O–H groups in total. The zero-order chi connectivity index (χ0) is 22.8. The zero-order valence-electron chi connectivity index (χ0n) is 22.2. The van der Waals surface area contributed by atoms with Crippen LogP contribution in [0.5, 0.6) is 0 Å². The molecule has 0 aromatic carbocycles. The van der Waals surface area contributed by atoms with Gasteiger partial charge in [-0.2, -0.15) is 0 Å². The molecule has 2 nitrogen and oxygen atoms in total. The van der Waals surface area contributed by atoms with E-state index in [-0.39, 0.29) is 13.7 Å². The van der Waals surface area contributed by atoms with E-state index in [4.69, 9.17) is 5.53 Å². The van der Waals surface area contributed by atoms with E-state index in [1.807, 2.05) is 0 Å². The molecule has 0 aromatic heterocycles. The van der Waals surface area contributed by atoms with E-state index in [1.54, 1.807) is 0 Å². The van der Waals surface area contributed by atoms with Crippen molar-refractivity contribution in [3.63, 3.8) is 0 Å². The zero-order valence-corrected chi connectivity index (χ0v) is 29.9. The molecule has 1 aliphatic rings. The van der Waals surface area contributed by atoms with Crippen LogP contribution >= 0.6 is 0 Å². The minimum absolute atomic E-state index is 0.282. The van der Waals surface area contributed by atoms with E-state index in [0.717, 1.165) is 0 Å². The molecule has 0 amide bonds. The van der Waals surface area contributed by atoms with Gasteiger partial charge in [-0.05, 0) is 0 Å². The quantitative estimate of drug-likeness (QED) is 0.247. The summed E-state index contributed by atoms with van der Waals surface area (Å²) in [6.45, 7) is 39.9. The molecule has 0 aromatic rings. The van der Waals surface area contributed by atoms with Gasteiger partial charge in [-0.1, -0.05) is 0 Å². The van der Waals surface area contributed by atoms with Gasteiger partial charge < -0.3 is 0 Å². The Labute approximate surface area is 189 Å².